The molecule has 0 amide bonds. The minimum absolute atomic E-state index is 0.112. The summed E-state index contributed by atoms with van der Waals surface area (Å²) in [4.78, 5) is 11.8. The molecular weight excluding hydrogens is 440 g/mol. The normalized spacial score (nSPS) is 11.5. The highest BCUT2D eigenvalue weighted by Gasteiger charge is 2.02. The molecule has 0 saturated carbocycles. The van der Waals surface area contributed by atoms with Gasteiger partial charge in [0, 0.05) is 13.0 Å². The second-order valence-corrected chi connectivity index (χ2v) is 9.45. The Bertz CT molecular complexity index is 438. The molecule has 35 heavy (non-hydrogen) atoms. The zero-order valence-electron chi connectivity index (χ0n) is 23.4. The lowest BCUT2D eigenvalue weighted by molar-refractivity contribution is -0.145. The Morgan fingerprint density at radius 2 is 0.914 bits per heavy atom. The van der Waals surface area contributed by atoms with E-state index in [-0.39, 0.29) is 5.97 Å². The van der Waals surface area contributed by atoms with Crippen LogP contribution in [0.25, 0.3) is 0 Å². The summed E-state index contributed by atoms with van der Waals surface area (Å²) in [7, 11) is 0. The van der Waals surface area contributed by atoms with E-state index in [1.54, 1.807) is 0 Å². The van der Waals surface area contributed by atoms with Gasteiger partial charge in [-0.25, -0.2) is 0 Å². The Kier molecular flexibility index (Phi) is 30.3. The average molecular weight is 499 g/mol. The molecular formula is C30H58O5. The molecule has 208 valence electrons. The quantitative estimate of drug-likeness (QED) is 0.0591. The fourth-order valence-corrected chi connectivity index (χ4v) is 3.80. The highest BCUT2D eigenvalue weighted by atomic mass is 16.6. The molecule has 0 unspecified atom stereocenters. The highest BCUT2D eigenvalue weighted by molar-refractivity contribution is 5.69. The number of ether oxygens (including phenoxy) is 4. The number of rotatable bonds is 29. The number of hydrogen-bond acceptors (Lipinski definition) is 5. The van der Waals surface area contributed by atoms with Crippen LogP contribution in [0.1, 0.15) is 129 Å². The molecule has 5 heteroatoms. The molecule has 5 nitrogen and oxygen atoms in total. The van der Waals surface area contributed by atoms with Crippen LogP contribution in [0.5, 0.6) is 0 Å². The van der Waals surface area contributed by atoms with Crippen LogP contribution in [0, 0.1) is 0 Å². The Hall–Kier alpha value is -0.910. The van der Waals surface area contributed by atoms with E-state index in [0.29, 0.717) is 46.1 Å². The summed E-state index contributed by atoms with van der Waals surface area (Å²) in [5.74, 6) is -0.112. The molecule has 0 atom stereocenters. The minimum Gasteiger partial charge on any atom is -0.463 e. The minimum atomic E-state index is -0.112. The van der Waals surface area contributed by atoms with Gasteiger partial charge in [-0.3, -0.25) is 4.79 Å². The Labute approximate surface area is 217 Å². The van der Waals surface area contributed by atoms with E-state index >= 15 is 0 Å². The lowest BCUT2D eigenvalue weighted by atomic mass is 10.1. The van der Waals surface area contributed by atoms with Crippen LogP contribution in [0.15, 0.2) is 12.2 Å². The van der Waals surface area contributed by atoms with Crippen LogP contribution in [0.4, 0.5) is 0 Å². The summed E-state index contributed by atoms with van der Waals surface area (Å²) in [6.45, 7) is 8.35. The van der Waals surface area contributed by atoms with E-state index < -0.39 is 0 Å². The SMILES string of the molecule is CCCCCCCC/C=C\CCCCCCCC(=O)OCCOCCOCCOCCCCCC. The van der Waals surface area contributed by atoms with Gasteiger partial charge in [-0.1, -0.05) is 96.6 Å². The first kappa shape index (κ1) is 34.1. The predicted octanol–water partition coefficient (Wildman–Crippen LogP) is 8.20. The van der Waals surface area contributed by atoms with Crippen molar-refractivity contribution in [3.05, 3.63) is 12.2 Å². The number of carbonyl (C=O) groups excluding carboxylic acids is 1. The second-order valence-electron chi connectivity index (χ2n) is 9.45. The summed E-state index contributed by atoms with van der Waals surface area (Å²) in [5.41, 5.74) is 0. The zero-order chi connectivity index (χ0) is 25.5. The van der Waals surface area contributed by atoms with E-state index in [1.807, 2.05) is 0 Å². The van der Waals surface area contributed by atoms with Gasteiger partial charge in [-0.15, -0.1) is 0 Å². The van der Waals surface area contributed by atoms with Gasteiger partial charge in [0.25, 0.3) is 0 Å². The largest absolute Gasteiger partial charge is 0.463 e. The van der Waals surface area contributed by atoms with Crippen molar-refractivity contribution >= 4 is 5.97 Å². The van der Waals surface area contributed by atoms with Crippen molar-refractivity contribution in [2.45, 2.75) is 129 Å². The Balaban J connectivity index is 3.19. The van der Waals surface area contributed by atoms with Gasteiger partial charge in [-0.2, -0.15) is 0 Å². The maximum absolute atomic E-state index is 11.8. The standard InChI is InChI=1S/C30H58O5/c1-3-5-7-9-10-11-12-13-14-15-16-17-18-19-20-22-30(31)35-29-28-34-27-26-33-25-24-32-23-21-8-6-4-2/h13-14H,3-12,15-29H2,1-2H3/b14-13-. The van der Waals surface area contributed by atoms with Crippen molar-refractivity contribution in [3.8, 4) is 0 Å². The van der Waals surface area contributed by atoms with Gasteiger partial charge in [0.15, 0.2) is 0 Å². The third-order valence-electron chi connectivity index (χ3n) is 6.02. The first-order valence-corrected chi connectivity index (χ1v) is 14.8. The molecule has 0 rings (SSSR count). The molecule has 0 aromatic rings. The molecule has 0 aliphatic carbocycles. The van der Waals surface area contributed by atoms with E-state index in [0.717, 1.165) is 25.9 Å². The van der Waals surface area contributed by atoms with E-state index in [1.165, 1.54) is 89.9 Å². The summed E-state index contributed by atoms with van der Waals surface area (Å²) in [6, 6.07) is 0. The first-order valence-electron chi connectivity index (χ1n) is 14.8. The maximum atomic E-state index is 11.8. The fourth-order valence-electron chi connectivity index (χ4n) is 3.80. The van der Waals surface area contributed by atoms with Crippen LogP contribution in [0.2, 0.25) is 0 Å². The third kappa shape index (κ3) is 31.1. The van der Waals surface area contributed by atoms with Crippen molar-refractivity contribution < 1.29 is 23.7 Å². The number of allylic oxidation sites excluding steroid dienone is 2. The van der Waals surface area contributed by atoms with Crippen molar-refractivity contribution in [2.24, 2.45) is 0 Å². The monoisotopic (exact) mass is 498 g/mol. The van der Waals surface area contributed by atoms with Crippen molar-refractivity contribution in [2.75, 3.05) is 46.2 Å². The molecule has 0 saturated heterocycles. The Morgan fingerprint density at radius 1 is 0.486 bits per heavy atom. The first-order chi connectivity index (χ1) is 17.3. The molecule has 0 bridgehead atoms. The van der Waals surface area contributed by atoms with Crippen LogP contribution < -0.4 is 0 Å². The highest BCUT2D eigenvalue weighted by Crippen LogP contribution is 2.10. The summed E-state index contributed by atoms with van der Waals surface area (Å²) < 4.78 is 21.6. The van der Waals surface area contributed by atoms with Crippen molar-refractivity contribution in [1.82, 2.24) is 0 Å². The lowest BCUT2D eigenvalue weighted by Gasteiger charge is -2.08. The Morgan fingerprint density at radius 3 is 1.49 bits per heavy atom. The van der Waals surface area contributed by atoms with Gasteiger partial charge < -0.3 is 18.9 Å². The second kappa shape index (κ2) is 31.1. The zero-order valence-corrected chi connectivity index (χ0v) is 23.4. The molecule has 0 spiro atoms. The van der Waals surface area contributed by atoms with Gasteiger partial charge in [-0.05, 0) is 38.5 Å². The molecule has 0 N–H and O–H groups in total. The molecule has 0 aliphatic rings. The van der Waals surface area contributed by atoms with Gasteiger partial charge in [0.2, 0.25) is 0 Å². The van der Waals surface area contributed by atoms with E-state index in [2.05, 4.69) is 26.0 Å². The number of unbranched alkanes of at least 4 members (excludes halogenated alkanes) is 14. The van der Waals surface area contributed by atoms with E-state index in [9.17, 15) is 4.79 Å². The van der Waals surface area contributed by atoms with Crippen LogP contribution in [-0.2, 0) is 23.7 Å². The van der Waals surface area contributed by atoms with Crippen LogP contribution >= 0.6 is 0 Å². The fraction of sp³-hybridized carbons (Fsp3) is 0.900. The number of hydrogen-bond donors (Lipinski definition) is 0. The van der Waals surface area contributed by atoms with Crippen LogP contribution in [0.3, 0.4) is 0 Å². The summed E-state index contributed by atoms with van der Waals surface area (Å²) in [6.07, 6.45) is 26.5. The number of esters is 1. The van der Waals surface area contributed by atoms with Gasteiger partial charge >= 0.3 is 5.97 Å². The predicted molar refractivity (Wildman–Crippen MR) is 147 cm³/mol. The average Bonchev–Trinajstić information content (AvgIpc) is 2.86. The summed E-state index contributed by atoms with van der Waals surface area (Å²) >= 11 is 0. The van der Waals surface area contributed by atoms with Gasteiger partial charge in [0.05, 0.1) is 33.0 Å². The molecule has 0 heterocycles. The summed E-state index contributed by atoms with van der Waals surface area (Å²) in [5, 5.41) is 0. The molecule has 0 fully saturated rings. The number of carbonyl (C=O) groups is 1. The molecule has 0 aromatic carbocycles. The van der Waals surface area contributed by atoms with Crippen LogP contribution in [-0.4, -0.2) is 52.2 Å². The maximum Gasteiger partial charge on any atom is 0.305 e. The lowest BCUT2D eigenvalue weighted by Crippen LogP contribution is -2.14. The topological polar surface area (TPSA) is 54.0 Å². The third-order valence-corrected chi connectivity index (χ3v) is 6.02. The molecule has 0 radical (unpaired) electrons. The molecule has 0 aromatic heterocycles. The van der Waals surface area contributed by atoms with Crippen molar-refractivity contribution in [1.29, 1.82) is 0 Å². The molecule has 0 aliphatic heterocycles. The smallest absolute Gasteiger partial charge is 0.305 e. The van der Waals surface area contributed by atoms with Gasteiger partial charge in [0.1, 0.15) is 6.61 Å². The van der Waals surface area contributed by atoms with Crippen molar-refractivity contribution in [3.63, 3.8) is 0 Å². The van der Waals surface area contributed by atoms with E-state index in [4.69, 9.17) is 18.9 Å².